The second-order valence-electron chi connectivity index (χ2n) is 14.1. The van der Waals surface area contributed by atoms with Gasteiger partial charge in [0.05, 0.1) is 26.4 Å². The molecule has 0 amide bonds. The van der Waals surface area contributed by atoms with E-state index in [9.17, 15) is 43.8 Å². The Morgan fingerprint density at radius 1 is 0.467 bits per heavy atom. The zero-order chi connectivity index (χ0) is 44.6. The first-order valence-corrected chi connectivity index (χ1v) is 24.3. The molecule has 0 saturated heterocycles. The second-order valence-corrected chi connectivity index (χ2v) is 17.0. The minimum Gasteiger partial charge on any atom is -0.463 e. The van der Waals surface area contributed by atoms with Crippen LogP contribution in [0.2, 0.25) is 0 Å². The van der Waals surface area contributed by atoms with Gasteiger partial charge in [-0.25, -0.2) is 9.13 Å². The third-order valence-electron chi connectivity index (χ3n) is 8.25. The molecule has 0 saturated carbocycles. The van der Waals surface area contributed by atoms with Crippen molar-refractivity contribution in [2.45, 2.75) is 148 Å². The zero-order valence-electron chi connectivity index (χ0n) is 35.8. The number of esters is 2. The van der Waals surface area contributed by atoms with Crippen molar-refractivity contribution in [3.05, 3.63) is 72.9 Å². The van der Waals surface area contributed by atoms with Crippen LogP contribution in [0.4, 0.5) is 0 Å². The smallest absolute Gasteiger partial charge is 0.463 e. The summed E-state index contributed by atoms with van der Waals surface area (Å²) < 4.78 is 52.7. The number of carbonyl (C=O) groups excluding carboxylic acids is 2. The van der Waals surface area contributed by atoms with Crippen LogP contribution in [0.15, 0.2) is 72.9 Å². The van der Waals surface area contributed by atoms with Gasteiger partial charge in [0.15, 0.2) is 0 Å². The van der Waals surface area contributed by atoms with E-state index in [1.54, 1.807) is 0 Å². The standard InChI is InChI=1S/C43H74O15P2/c1-3-5-7-9-11-13-15-17-18-20-22-24-26-28-30-32-43(48)54-34-40(45)36-56-60(51,52)58-38-41(46)37-57-59(49,50)55-35-39(44)33-53-42(47)31-29-27-25-23-21-19-16-14-12-10-8-6-4-2/h5,7,9,11,13,15,17-19,21,25,27,39-41,44-46H,3-4,6,8,10,12,14,16,20,22-24,26,28-38H2,1-2H3,(H,49,50)(H,51,52)/b7-5+,11-9+,15-13+,18-17-,21-19-,27-25+. The number of carbonyl (C=O) groups is 2. The summed E-state index contributed by atoms with van der Waals surface area (Å²) >= 11 is 0. The highest BCUT2D eigenvalue weighted by Gasteiger charge is 2.28. The number of ether oxygens (including phenoxy) is 2. The van der Waals surface area contributed by atoms with Crippen molar-refractivity contribution in [3.63, 3.8) is 0 Å². The summed E-state index contributed by atoms with van der Waals surface area (Å²) in [5, 5.41) is 29.9. The predicted molar refractivity (Wildman–Crippen MR) is 233 cm³/mol. The van der Waals surface area contributed by atoms with E-state index in [1.165, 1.54) is 38.5 Å². The molecule has 5 unspecified atom stereocenters. The maximum atomic E-state index is 12.1. The Balaban J connectivity index is 4.01. The van der Waals surface area contributed by atoms with Crippen LogP contribution < -0.4 is 0 Å². The Labute approximate surface area is 358 Å². The Hall–Kier alpha value is -2.52. The van der Waals surface area contributed by atoms with Gasteiger partial charge in [0.1, 0.15) is 31.5 Å². The zero-order valence-corrected chi connectivity index (χ0v) is 37.6. The van der Waals surface area contributed by atoms with Crippen LogP contribution in [0, 0.1) is 0 Å². The molecule has 0 aliphatic heterocycles. The molecule has 0 aromatic rings. The third kappa shape index (κ3) is 40.9. The summed E-state index contributed by atoms with van der Waals surface area (Å²) in [7, 11) is -9.59. The van der Waals surface area contributed by atoms with E-state index in [-0.39, 0.29) is 12.8 Å². The van der Waals surface area contributed by atoms with Gasteiger partial charge in [-0.3, -0.25) is 27.7 Å². The van der Waals surface area contributed by atoms with Crippen LogP contribution >= 0.6 is 15.6 Å². The molecular weight excluding hydrogens is 818 g/mol. The molecule has 0 fully saturated rings. The Morgan fingerprint density at radius 2 is 0.867 bits per heavy atom. The average molecular weight is 893 g/mol. The molecule has 346 valence electrons. The van der Waals surface area contributed by atoms with E-state index in [2.05, 4.69) is 56.2 Å². The molecule has 5 atom stereocenters. The minimum atomic E-state index is -4.80. The number of phosphoric acid groups is 2. The summed E-state index contributed by atoms with van der Waals surface area (Å²) in [5.41, 5.74) is 0. The number of hydrogen-bond donors (Lipinski definition) is 5. The molecule has 0 radical (unpaired) electrons. The lowest BCUT2D eigenvalue weighted by Gasteiger charge is -2.19. The summed E-state index contributed by atoms with van der Waals surface area (Å²) in [6.45, 7) is 0.133. The Bertz CT molecular complexity index is 1360. The predicted octanol–water partition coefficient (Wildman–Crippen LogP) is 8.82. The summed E-state index contributed by atoms with van der Waals surface area (Å²) in [6, 6.07) is 0. The highest BCUT2D eigenvalue weighted by atomic mass is 31.2. The van der Waals surface area contributed by atoms with E-state index in [1.807, 2.05) is 48.6 Å². The highest BCUT2D eigenvalue weighted by molar-refractivity contribution is 7.47. The topological polar surface area (TPSA) is 225 Å². The van der Waals surface area contributed by atoms with Crippen molar-refractivity contribution in [1.29, 1.82) is 0 Å². The van der Waals surface area contributed by atoms with Crippen molar-refractivity contribution in [3.8, 4) is 0 Å². The molecule has 0 aliphatic carbocycles. The van der Waals surface area contributed by atoms with Gasteiger partial charge in [0.2, 0.25) is 0 Å². The van der Waals surface area contributed by atoms with Gasteiger partial charge in [-0.1, -0.05) is 138 Å². The number of allylic oxidation sites excluding steroid dienone is 12. The van der Waals surface area contributed by atoms with Crippen LogP contribution in [0.25, 0.3) is 0 Å². The van der Waals surface area contributed by atoms with Crippen LogP contribution in [0.3, 0.4) is 0 Å². The number of unbranched alkanes of at least 4 members (excludes halogenated alkanes) is 11. The lowest BCUT2D eigenvalue weighted by Crippen LogP contribution is -2.25. The van der Waals surface area contributed by atoms with Gasteiger partial charge in [-0.05, 0) is 51.4 Å². The Morgan fingerprint density at radius 3 is 1.38 bits per heavy atom. The first-order chi connectivity index (χ1) is 28.8. The molecule has 0 aliphatic rings. The summed E-state index contributed by atoms with van der Waals surface area (Å²) in [4.78, 5) is 43.5. The lowest BCUT2D eigenvalue weighted by atomic mass is 10.1. The van der Waals surface area contributed by atoms with Gasteiger partial charge in [0.25, 0.3) is 0 Å². The fraction of sp³-hybridized carbons (Fsp3) is 0.674. The van der Waals surface area contributed by atoms with Gasteiger partial charge >= 0.3 is 27.6 Å². The van der Waals surface area contributed by atoms with Gasteiger partial charge < -0.3 is 34.6 Å². The average Bonchev–Trinajstić information content (AvgIpc) is 3.22. The minimum absolute atomic E-state index is 0.0877. The molecule has 0 rings (SSSR count). The van der Waals surface area contributed by atoms with Crippen LogP contribution in [-0.2, 0) is 46.3 Å². The first-order valence-electron chi connectivity index (χ1n) is 21.3. The Kier molecular flexibility index (Phi) is 37.7. The molecular formula is C43H74O15P2. The van der Waals surface area contributed by atoms with Gasteiger partial charge in [-0.15, -0.1) is 0 Å². The van der Waals surface area contributed by atoms with E-state index in [0.29, 0.717) is 12.8 Å². The second kappa shape index (κ2) is 39.3. The fourth-order valence-corrected chi connectivity index (χ4v) is 6.51. The quantitative estimate of drug-likeness (QED) is 0.0127. The van der Waals surface area contributed by atoms with Crippen molar-refractivity contribution < 1.29 is 71.4 Å². The third-order valence-corrected chi connectivity index (χ3v) is 10.2. The molecule has 17 heteroatoms. The van der Waals surface area contributed by atoms with Crippen molar-refractivity contribution in [1.82, 2.24) is 0 Å². The van der Waals surface area contributed by atoms with Crippen LogP contribution in [-0.4, -0.2) is 95.0 Å². The van der Waals surface area contributed by atoms with E-state index in [4.69, 9.17) is 9.47 Å². The molecule has 0 bridgehead atoms. The maximum Gasteiger partial charge on any atom is 0.472 e. The summed E-state index contributed by atoms with van der Waals surface area (Å²) in [6.07, 6.45) is 36.3. The number of rotatable bonds is 40. The number of phosphoric ester groups is 2. The van der Waals surface area contributed by atoms with Gasteiger partial charge in [-0.2, -0.15) is 0 Å². The fourth-order valence-electron chi connectivity index (χ4n) is 4.92. The SMILES string of the molecule is CC/C=C/C=C/C=C/C=C\CCCCCCCC(=O)OCC(O)COP(=O)(O)OCC(O)COP(=O)(O)OCC(O)COC(=O)CC/C=C/C/C=C\CCCCCCCC. The molecule has 60 heavy (non-hydrogen) atoms. The highest BCUT2D eigenvalue weighted by Crippen LogP contribution is 2.45. The monoisotopic (exact) mass is 892 g/mol. The van der Waals surface area contributed by atoms with Crippen molar-refractivity contribution >= 4 is 27.6 Å². The summed E-state index contributed by atoms with van der Waals surface area (Å²) in [5.74, 6) is -1.09. The maximum absolute atomic E-state index is 12.1. The normalized spacial score (nSPS) is 16.1. The largest absolute Gasteiger partial charge is 0.472 e. The van der Waals surface area contributed by atoms with E-state index in [0.717, 1.165) is 51.4 Å². The van der Waals surface area contributed by atoms with Crippen LogP contribution in [0.1, 0.15) is 129 Å². The molecule has 0 heterocycles. The van der Waals surface area contributed by atoms with Crippen molar-refractivity contribution in [2.24, 2.45) is 0 Å². The molecule has 0 aromatic carbocycles. The van der Waals surface area contributed by atoms with Crippen LogP contribution in [0.5, 0.6) is 0 Å². The number of aliphatic hydroxyl groups excluding tert-OH is 3. The van der Waals surface area contributed by atoms with E-state index < -0.39 is 85.5 Å². The van der Waals surface area contributed by atoms with E-state index >= 15 is 0 Å². The van der Waals surface area contributed by atoms with Crippen molar-refractivity contribution in [2.75, 3.05) is 39.6 Å². The molecule has 0 spiro atoms. The molecule has 5 N–H and O–H groups in total. The lowest BCUT2D eigenvalue weighted by molar-refractivity contribution is -0.148. The van der Waals surface area contributed by atoms with Gasteiger partial charge in [0, 0.05) is 12.8 Å². The molecule has 0 aromatic heterocycles. The number of hydrogen-bond acceptors (Lipinski definition) is 13. The molecule has 15 nitrogen and oxygen atoms in total. The number of aliphatic hydroxyl groups is 3. The first kappa shape index (κ1) is 57.5.